The van der Waals surface area contributed by atoms with E-state index in [2.05, 4.69) is 28.3 Å². The quantitative estimate of drug-likeness (QED) is 0.577. The lowest BCUT2D eigenvalue weighted by Crippen LogP contribution is -2.38. The van der Waals surface area contributed by atoms with Gasteiger partial charge in [-0.05, 0) is 60.2 Å². The van der Waals surface area contributed by atoms with Gasteiger partial charge in [0.2, 0.25) is 5.91 Å². The summed E-state index contributed by atoms with van der Waals surface area (Å²) in [4.78, 5) is 35.1. The Morgan fingerprint density at radius 2 is 1.91 bits per heavy atom. The third kappa shape index (κ3) is 4.11. The number of fused-ring (bicyclic) bond motifs is 1. The van der Waals surface area contributed by atoms with Crippen LogP contribution in [0.1, 0.15) is 35.7 Å². The average Bonchev–Trinajstić information content (AvgIpc) is 3.60. The predicted octanol–water partition coefficient (Wildman–Crippen LogP) is 4.10. The number of nitrogens with one attached hydrogen (secondary N) is 2. The monoisotopic (exact) mass is 460 g/mol. The number of H-pyrrole nitrogens is 1. The summed E-state index contributed by atoms with van der Waals surface area (Å²) in [6.07, 6.45) is 5.83. The van der Waals surface area contributed by atoms with Crippen LogP contribution in [0.5, 0.6) is 11.5 Å². The molecule has 1 unspecified atom stereocenters. The molecule has 1 aliphatic heterocycles. The number of aromatic nitrogens is 2. The van der Waals surface area contributed by atoms with Crippen LogP contribution in [0.2, 0.25) is 0 Å². The molecule has 0 saturated heterocycles. The topological polar surface area (TPSA) is 96.5 Å². The molecule has 0 radical (unpaired) electrons. The number of hydrogen-bond acceptors (Lipinski definition) is 5. The Morgan fingerprint density at radius 1 is 1.12 bits per heavy atom. The zero-order valence-electron chi connectivity index (χ0n) is 19.6. The molecule has 1 fully saturated rings. The van der Waals surface area contributed by atoms with Gasteiger partial charge in [-0.3, -0.25) is 9.59 Å². The van der Waals surface area contributed by atoms with Crippen LogP contribution in [0.25, 0.3) is 16.6 Å². The molecule has 8 heteroatoms. The maximum atomic E-state index is 13.2. The number of benzene rings is 1. The van der Waals surface area contributed by atoms with Crippen LogP contribution in [-0.4, -0.2) is 54.0 Å². The van der Waals surface area contributed by atoms with Crippen LogP contribution >= 0.6 is 0 Å². The Labute approximate surface area is 198 Å². The molecule has 0 spiro atoms. The highest BCUT2D eigenvalue weighted by Gasteiger charge is 2.31. The molecule has 3 aromatic rings. The molecule has 34 heavy (non-hydrogen) atoms. The average molecular weight is 461 g/mol. The van der Waals surface area contributed by atoms with Crippen LogP contribution in [0, 0.1) is 11.8 Å². The summed E-state index contributed by atoms with van der Waals surface area (Å²) >= 11 is 0. The van der Waals surface area contributed by atoms with Gasteiger partial charge >= 0.3 is 0 Å². The van der Waals surface area contributed by atoms with Crippen molar-refractivity contribution in [2.45, 2.75) is 19.8 Å². The lowest BCUT2D eigenvalue weighted by atomic mass is 9.89. The molecule has 1 atom stereocenters. The van der Waals surface area contributed by atoms with Crippen molar-refractivity contribution in [2.75, 3.05) is 32.6 Å². The first kappa shape index (κ1) is 22.0. The Bertz CT molecular complexity index is 1290. The van der Waals surface area contributed by atoms with E-state index in [1.54, 1.807) is 32.4 Å². The highest BCUT2D eigenvalue weighted by molar-refractivity contribution is 5.98. The second kappa shape index (κ2) is 8.85. The van der Waals surface area contributed by atoms with Gasteiger partial charge in [0, 0.05) is 36.2 Å². The molecule has 1 aliphatic carbocycles. The summed E-state index contributed by atoms with van der Waals surface area (Å²) in [6.45, 7) is 3.18. The van der Waals surface area contributed by atoms with Gasteiger partial charge in [-0.2, -0.15) is 0 Å². The number of pyridine rings is 1. The van der Waals surface area contributed by atoms with Crippen molar-refractivity contribution < 1.29 is 19.1 Å². The van der Waals surface area contributed by atoms with Crippen LogP contribution in [0.3, 0.4) is 0 Å². The molecule has 2 amide bonds. The number of anilines is 1. The fourth-order valence-corrected chi connectivity index (χ4v) is 4.52. The van der Waals surface area contributed by atoms with Crippen LogP contribution < -0.4 is 14.8 Å². The fraction of sp³-hybridized carbons (Fsp3) is 0.346. The lowest BCUT2D eigenvalue weighted by molar-refractivity contribution is -0.117. The molecule has 2 aliphatic rings. The smallest absolute Gasteiger partial charge is 0.254 e. The summed E-state index contributed by atoms with van der Waals surface area (Å²) in [6, 6.07) is 9.17. The number of methoxy groups -OCH3 is 2. The van der Waals surface area contributed by atoms with E-state index in [4.69, 9.17) is 9.47 Å². The van der Waals surface area contributed by atoms with Gasteiger partial charge in [-0.15, -0.1) is 0 Å². The summed E-state index contributed by atoms with van der Waals surface area (Å²) in [7, 11) is 3.13. The number of aromatic amines is 1. The number of ether oxygens (including phenoxy) is 2. The van der Waals surface area contributed by atoms with E-state index in [1.165, 1.54) is 0 Å². The Morgan fingerprint density at radius 3 is 2.62 bits per heavy atom. The van der Waals surface area contributed by atoms with Gasteiger partial charge in [0.1, 0.15) is 11.5 Å². The maximum Gasteiger partial charge on any atom is 0.254 e. The standard InChI is InChI=1S/C26H28N4O4/c1-15-14-30(26(32)17-6-7-21(33-2)22(12-17)34-3)11-9-18(15)20-13-23(29-25(31)16-4-5-16)28-24-19(20)8-10-27-24/h6-10,12-13,15-16H,4-5,11,14H2,1-3H3,(H2,27,28,29,31). The highest BCUT2D eigenvalue weighted by Crippen LogP contribution is 2.35. The summed E-state index contributed by atoms with van der Waals surface area (Å²) in [5.74, 6) is 1.86. The number of amides is 2. The van der Waals surface area contributed by atoms with Crippen molar-refractivity contribution in [3.05, 3.63) is 53.7 Å². The van der Waals surface area contributed by atoms with Crippen molar-refractivity contribution in [1.29, 1.82) is 0 Å². The van der Waals surface area contributed by atoms with Crippen LogP contribution in [0.15, 0.2) is 42.6 Å². The van der Waals surface area contributed by atoms with E-state index in [0.29, 0.717) is 36.0 Å². The zero-order valence-corrected chi connectivity index (χ0v) is 19.6. The number of rotatable bonds is 6. The minimum atomic E-state index is -0.0537. The van der Waals surface area contributed by atoms with Gasteiger partial charge in [0.05, 0.1) is 14.2 Å². The largest absolute Gasteiger partial charge is 0.493 e. The second-order valence-corrected chi connectivity index (χ2v) is 8.90. The van der Waals surface area contributed by atoms with E-state index < -0.39 is 0 Å². The third-order valence-electron chi connectivity index (χ3n) is 6.51. The molecule has 0 bridgehead atoms. The molecule has 2 N–H and O–H groups in total. The normalized spacial score (nSPS) is 17.9. The first-order chi connectivity index (χ1) is 16.5. The third-order valence-corrected chi connectivity index (χ3v) is 6.51. The molecular formula is C26H28N4O4. The van der Waals surface area contributed by atoms with Gasteiger partial charge in [0.25, 0.3) is 5.91 Å². The summed E-state index contributed by atoms with van der Waals surface area (Å²) < 4.78 is 10.6. The fourth-order valence-electron chi connectivity index (χ4n) is 4.52. The Balaban J connectivity index is 1.41. The van der Waals surface area contributed by atoms with Crippen molar-refractivity contribution in [1.82, 2.24) is 14.9 Å². The minimum absolute atomic E-state index is 0.0294. The lowest BCUT2D eigenvalue weighted by Gasteiger charge is -2.32. The van der Waals surface area contributed by atoms with E-state index in [9.17, 15) is 9.59 Å². The van der Waals surface area contributed by atoms with Crippen LogP contribution in [0.4, 0.5) is 5.82 Å². The maximum absolute atomic E-state index is 13.2. The Hall–Kier alpha value is -3.81. The molecule has 8 nitrogen and oxygen atoms in total. The van der Waals surface area contributed by atoms with Gasteiger partial charge in [-0.25, -0.2) is 4.98 Å². The molecule has 3 heterocycles. The predicted molar refractivity (Wildman–Crippen MR) is 130 cm³/mol. The minimum Gasteiger partial charge on any atom is -0.493 e. The second-order valence-electron chi connectivity index (χ2n) is 8.90. The van der Waals surface area contributed by atoms with Crippen molar-refractivity contribution in [2.24, 2.45) is 11.8 Å². The van der Waals surface area contributed by atoms with Crippen molar-refractivity contribution in [3.8, 4) is 11.5 Å². The number of carbonyl (C=O) groups is 2. The molecule has 1 aromatic carbocycles. The first-order valence-corrected chi connectivity index (χ1v) is 11.5. The highest BCUT2D eigenvalue weighted by atomic mass is 16.5. The first-order valence-electron chi connectivity index (χ1n) is 11.5. The van der Waals surface area contributed by atoms with Crippen molar-refractivity contribution in [3.63, 3.8) is 0 Å². The van der Waals surface area contributed by atoms with E-state index in [0.717, 1.165) is 35.0 Å². The number of carbonyl (C=O) groups excluding carboxylic acids is 2. The van der Waals surface area contributed by atoms with E-state index in [-0.39, 0.29) is 23.7 Å². The van der Waals surface area contributed by atoms with Crippen molar-refractivity contribution >= 4 is 34.2 Å². The molecule has 5 rings (SSSR count). The van der Waals surface area contributed by atoms with E-state index >= 15 is 0 Å². The Kier molecular flexibility index (Phi) is 5.73. The molecule has 176 valence electrons. The number of nitrogens with zero attached hydrogens (tertiary/aromatic N) is 2. The van der Waals surface area contributed by atoms with Gasteiger partial charge < -0.3 is 24.7 Å². The molecule has 2 aromatic heterocycles. The molecular weight excluding hydrogens is 432 g/mol. The van der Waals surface area contributed by atoms with Crippen LogP contribution in [-0.2, 0) is 4.79 Å². The van der Waals surface area contributed by atoms with E-state index in [1.807, 2.05) is 23.2 Å². The summed E-state index contributed by atoms with van der Waals surface area (Å²) in [5, 5.41) is 3.97. The SMILES string of the molecule is COc1ccc(C(=O)N2CC=C(c3cc(NC(=O)C4CC4)nc4[nH]ccc34)C(C)C2)cc1OC. The summed E-state index contributed by atoms with van der Waals surface area (Å²) in [5.41, 5.74) is 3.47. The zero-order chi connectivity index (χ0) is 23.8. The molecule has 1 saturated carbocycles. The van der Waals surface area contributed by atoms with Gasteiger partial charge in [-0.1, -0.05) is 13.0 Å². The van der Waals surface area contributed by atoms with Gasteiger partial charge in [0.15, 0.2) is 11.5 Å². The number of hydrogen-bond donors (Lipinski definition) is 2.